The lowest BCUT2D eigenvalue weighted by Gasteiger charge is -2.02. The number of nitrogens with one attached hydrogen (secondary N) is 1. The van der Waals surface area contributed by atoms with Gasteiger partial charge in [0, 0.05) is 10.8 Å². The maximum atomic E-state index is 12.3. The summed E-state index contributed by atoms with van der Waals surface area (Å²) in [5.41, 5.74) is -0.379. The van der Waals surface area contributed by atoms with Crippen LogP contribution in [0.2, 0.25) is 0 Å². The monoisotopic (exact) mass is 344 g/mol. The first-order valence-corrected chi connectivity index (χ1v) is 7.93. The van der Waals surface area contributed by atoms with Crippen molar-refractivity contribution in [1.29, 1.82) is 0 Å². The van der Waals surface area contributed by atoms with Gasteiger partial charge >= 0.3 is 11.6 Å². The quantitative estimate of drug-likeness (QED) is 0.577. The van der Waals surface area contributed by atoms with Gasteiger partial charge in [-0.25, -0.2) is 14.6 Å². The van der Waals surface area contributed by atoms with Crippen molar-refractivity contribution in [2.45, 2.75) is 6.92 Å². The lowest BCUT2D eigenvalue weighted by Crippen LogP contribution is -2.20. The van der Waals surface area contributed by atoms with E-state index in [1.54, 1.807) is 31.2 Å². The number of aromatic nitrogens is 1. The van der Waals surface area contributed by atoms with E-state index in [2.05, 4.69) is 10.3 Å². The second kappa shape index (κ2) is 6.63. The number of thiazole rings is 1. The molecule has 0 aliphatic carbocycles. The van der Waals surface area contributed by atoms with E-state index in [-0.39, 0.29) is 23.0 Å². The zero-order chi connectivity index (χ0) is 17.1. The van der Waals surface area contributed by atoms with Gasteiger partial charge in [-0.1, -0.05) is 18.2 Å². The number of carbonyl (C=O) groups excluding carboxylic acids is 2. The topological polar surface area (TPSA) is 98.5 Å². The molecule has 0 radical (unpaired) electrons. The molecule has 0 atom stereocenters. The van der Waals surface area contributed by atoms with E-state index in [4.69, 9.17) is 9.15 Å². The van der Waals surface area contributed by atoms with Crippen LogP contribution in [0.3, 0.4) is 0 Å². The molecule has 3 aromatic rings. The molecule has 1 amide bonds. The summed E-state index contributed by atoms with van der Waals surface area (Å²) in [7, 11) is 0. The SMILES string of the molecule is CCOC(=O)c1csc(NC(=O)c2cc3ccccc3oc2=O)n1. The van der Waals surface area contributed by atoms with E-state index < -0.39 is 17.5 Å². The first kappa shape index (κ1) is 15.9. The standard InChI is InChI=1S/C16H12N2O5S/c1-2-22-15(21)11-8-24-16(17-11)18-13(19)10-7-9-5-3-4-6-12(9)23-14(10)20/h3-8H,2H2,1H3,(H,17,18,19). The van der Waals surface area contributed by atoms with E-state index >= 15 is 0 Å². The normalized spacial score (nSPS) is 10.5. The second-order valence-electron chi connectivity index (χ2n) is 4.70. The molecule has 0 aliphatic heterocycles. The third-order valence-electron chi connectivity index (χ3n) is 3.10. The zero-order valence-electron chi connectivity index (χ0n) is 12.6. The summed E-state index contributed by atoms with van der Waals surface area (Å²) in [6.45, 7) is 1.92. The van der Waals surface area contributed by atoms with Crippen LogP contribution >= 0.6 is 11.3 Å². The summed E-state index contributed by atoms with van der Waals surface area (Å²) in [5.74, 6) is -1.22. The van der Waals surface area contributed by atoms with Crippen molar-refractivity contribution in [2.75, 3.05) is 11.9 Å². The molecule has 7 nitrogen and oxygen atoms in total. The number of anilines is 1. The average Bonchev–Trinajstić information content (AvgIpc) is 3.03. The van der Waals surface area contributed by atoms with Crippen LogP contribution in [-0.2, 0) is 4.74 Å². The molecule has 0 aliphatic rings. The summed E-state index contributed by atoms with van der Waals surface area (Å²) in [6.07, 6.45) is 0. The predicted molar refractivity (Wildman–Crippen MR) is 88.5 cm³/mol. The number of benzene rings is 1. The molecule has 8 heteroatoms. The Kier molecular flexibility index (Phi) is 4.39. The number of hydrogen-bond donors (Lipinski definition) is 1. The Morgan fingerprint density at radius 1 is 1.33 bits per heavy atom. The van der Waals surface area contributed by atoms with Gasteiger partial charge in [-0.3, -0.25) is 10.1 Å². The number of hydrogen-bond acceptors (Lipinski definition) is 7. The molecule has 2 heterocycles. The number of rotatable bonds is 4. The Morgan fingerprint density at radius 3 is 2.92 bits per heavy atom. The maximum absolute atomic E-state index is 12.3. The Morgan fingerprint density at radius 2 is 2.12 bits per heavy atom. The lowest BCUT2D eigenvalue weighted by molar-refractivity contribution is 0.0520. The summed E-state index contributed by atoms with van der Waals surface area (Å²) in [4.78, 5) is 39.7. The van der Waals surface area contributed by atoms with Crippen LogP contribution in [0.1, 0.15) is 27.8 Å². The van der Waals surface area contributed by atoms with Crippen molar-refractivity contribution >= 4 is 39.3 Å². The van der Waals surface area contributed by atoms with E-state index in [9.17, 15) is 14.4 Å². The molecule has 0 saturated heterocycles. The number of carbonyl (C=O) groups is 2. The molecule has 2 aromatic heterocycles. The van der Waals surface area contributed by atoms with Gasteiger partial charge in [-0.15, -0.1) is 11.3 Å². The molecule has 0 unspecified atom stereocenters. The fraction of sp³-hybridized carbons (Fsp3) is 0.125. The van der Waals surface area contributed by atoms with Crippen LogP contribution < -0.4 is 10.9 Å². The molecule has 3 rings (SSSR count). The Hall–Kier alpha value is -3.00. The molecule has 0 fully saturated rings. The van der Waals surface area contributed by atoms with Crippen LogP contribution in [-0.4, -0.2) is 23.5 Å². The fourth-order valence-electron chi connectivity index (χ4n) is 2.01. The van der Waals surface area contributed by atoms with Crippen molar-refractivity contribution in [2.24, 2.45) is 0 Å². The number of fused-ring (bicyclic) bond motifs is 1. The van der Waals surface area contributed by atoms with Crippen LogP contribution in [0.5, 0.6) is 0 Å². The van der Waals surface area contributed by atoms with Gasteiger partial charge in [0.25, 0.3) is 5.91 Å². The van der Waals surface area contributed by atoms with E-state index in [1.807, 2.05) is 0 Å². The molecule has 0 spiro atoms. The third kappa shape index (κ3) is 3.18. The minimum atomic E-state index is -0.742. The Bertz CT molecular complexity index is 976. The first-order chi connectivity index (χ1) is 11.6. The zero-order valence-corrected chi connectivity index (χ0v) is 13.4. The van der Waals surface area contributed by atoms with Gasteiger partial charge in [-0.05, 0) is 19.1 Å². The molecule has 0 saturated carbocycles. The van der Waals surface area contributed by atoms with Gasteiger partial charge in [0.05, 0.1) is 6.61 Å². The molecular formula is C16H12N2O5S. The van der Waals surface area contributed by atoms with Gasteiger partial charge in [0.2, 0.25) is 0 Å². The number of ether oxygens (including phenoxy) is 1. The van der Waals surface area contributed by atoms with E-state index in [1.165, 1.54) is 11.4 Å². The number of esters is 1. The van der Waals surface area contributed by atoms with Crippen molar-refractivity contribution in [3.63, 3.8) is 0 Å². The summed E-state index contributed by atoms with van der Waals surface area (Å²) >= 11 is 1.06. The van der Waals surface area contributed by atoms with Crippen molar-refractivity contribution in [3.8, 4) is 0 Å². The highest BCUT2D eigenvalue weighted by Crippen LogP contribution is 2.18. The third-order valence-corrected chi connectivity index (χ3v) is 3.85. The largest absolute Gasteiger partial charge is 0.461 e. The smallest absolute Gasteiger partial charge is 0.357 e. The minimum Gasteiger partial charge on any atom is -0.461 e. The van der Waals surface area contributed by atoms with Crippen LogP contribution in [0, 0.1) is 0 Å². The van der Waals surface area contributed by atoms with Crippen molar-refractivity contribution in [1.82, 2.24) is 4.98 Å². The minimum absolute atomic E-state index is 0.0997. The predicted octanol–water partition coefficient (Wildman–Crippen LogP) is 2.68. The molecule has 1 N–H and O–H groups in total. The van der Waals surface area contributed by atoms with Crippen molar-refractivity contribution < 1.29 is 18.7 Å². The summed E-state index contributed by atoms with van der Waals surface area (Å²) in [5, 5.41) is 4.77. The Balaban J connectivity index is 1.84. The highest BCUT2D eigenvalue weighted by molar-refractivity contribution is 7.14. The van der Waals surface area contributed by atoms with Gasteiger partial charge in [-0.2, -0.15) is 0 Å². The summed E-state index contributed by atoms with van der Waals surface area (Å²) in [6, 6.07) is 8.34. The number of para-hydroxylation sites is 1. The van der Waals surface area contributed by atoms with Gasteiger partial charge < -0.3 is 9.15 Å². The van der Waals surface area contributed by atoms with Gasteiger partial charge in [0.15, 0.2) is 10.8 Å². The lowest BCUT2D eigenvalue weighted by atomic mass is 10.2. The van der Waals surface area contributed by atoms with Crippen LogP contribution in [0.25, 0.3) is 11.0 Å². The molecule has 122 valence electrons. The van der Waals surface area contributed by atoms with Gasteiger partial charge in [0.1, 0.15) is 11.1 Å². The van der Waals surface area contributed by atoms with E-state index in [0.717, 1.165) is 11.3 Å². The van der Waals surface area contributed by atoms with E-state index in [0.29, 0.717) is 11.0 Å². The summed E-state index contributed by atoms with van der Waals surface area (Å²) < 4.78 is 9.95. The highest BCUT2D eigenvalue weighted by Gasteiger charge is 2.17. The molecular weight excluding hydrogens is 332 g/mol. The first-order valence-electron chi connectivity index (χ1n) is 7.05. The molecule has 0 bridgehead atoms. The highest BCUT2D eigenvalue weighted by atomic mass is 32.1. The van der Waals surface area contributed by atoms with Crippen LogP contribution in [0.4, 0.5) is 5.13 Å². The maximum Gasteiger partial charge on any atom is 0.357 e. The number of nitrogens with zero attached hydrogens (tertiary/aromatic N) is 1. The fourth-order valence-corrected chi connectivity index (χ4v) is 2.69. The van der Waals surface area contributed by atoms with Crippen molar-refractivity contribution in [3.05, 3.63) is 57.4 Å². The average molecular weight is 344 g/mol. The Labute approximate surface area is 139 Å². The number of amides is 1. The molecule has 1 aromatic carbocycles. The molecule has 24 heavy (non-hydrogen) atoms. The van der Waals surface area contributed by atoms with Crippen LogP contribution in [0.15, 0.2) is 44.9 Å². The second-order valence-corrected chi connectivity index (χ2v) is 5.56.